The number of hydrogen-bond donors (Lipinski definition) is 3. The van der Waals surface area contributed by atoms with Crippen molar-refractivity contribution in [2.45, 2.75) is 162 Å². The summed E-state index contributed by atoms with van der Waals surface area (Å²) in [5.74, 6) is -1.76. The molecule has 0 aromatic carbocycles. The summed E-state index contributed by atoms with van der Waals surface area (Å²) in [4.78, 5) is 76.6. The molecule has 1 aromatic heterocycles. The predicted octanol–water partition coefficient (Wildman–Crippen LogP) is 3.76. The number of nitrogens with zero attached hydrogens (tertiary/aromatic N) is 1. The summed E-state index contributed by atoms with van der Waals surface area (Å²) in [7, 11) is -2.79. The van der Waals surface area contributed by atoms with Gasteiger partial charge in [0, 0.05) is 87.0 Å². The minimum absolute atomic E-state index is 0.0213. The standard InChI is InChI=1S/C41H68N4O13Si/c1-12-28-35(56-31-23-54-59(40(6,7)8,41(9,10)11)58-36(28)31)29-21-45(39(51)44-37(29)50)19-16-33(49)43-18-17-42-32(48)15-13-14-20-52-38-25(3)24(2)34(55-27(5)47)30(57-38)22-53-26(4)46/h21,24-25,28,30-31,34-36,38H,12-20,22-23H2,1-11H3,(H,42,48)(H,43,49)(H,44,50,51). The second-order valence-electron chi connectivity index (χ2n) is 18.1. The number of nitrogens with one attached hydrogen (secondary N) is 3. The van der Waals surface area contributed by atoms with Crippen molar-refractivity contribution in [2.75, 3.05) is 32.9 Å². The molecule has 0 spiro atoms. The van der Waals surface area contributed by atoms with Gasteiger partial charge in [-0.05, 0) is 19.3 Å². The smallest absolute Gasteiger partial charge is 0.349 e. The van der Waals surface area contributed by atoms with Crippen molar-refractivity contribution >= 4 is 32.3 Å². The van der Waals surface area contributed by atoms with Gasteiger partial charge in [-0.2, -0.15) is 0 Å². The minimum Gasteiger partial charge on any atom is -0.463 e. The van der Waals surface area contributed by atoms with Crippen molar-refractivity contribution in [1.29, 1.82) is 0 Å². The van der Waals surface area contributed by atoms with E-state index < -0.39 is 56.4 Å². The van der Waals surface area contributed by atoms with Gasteiger partial charge in [0.2, 0.25) is 11.8 Å². The van der Waals surface area contributed by atoms with Crippen LogP contribution in [0.5, 0.6) is 0 Å². The number of ether oxygens (including phenoxy) is 5. The topological polar surface area (TPSA) is 212 Å². The van der Waals surface area contributed by atoms with Gasteiger partial charge in [0.25, 0.3) is 5.56 Å². The Morgan fingerprint density at radius 1 is 0.915 bits per heavy atom. The number of H-pyrrole nitrogens is 1. The number of aromatic amines is 1. The molecule has 9 unspecified atom stereocenters. The van der Waals surface area contributed by atoms with Crippen LogP contribution in [0.1, 0.15) is 120 Å². The molecular weight excluding hydrogens is 785 g/mol. The number of esters is 2. The number of amides is 2. The van der Waals surface area contributed by atoms with Gasteiger partial charge in [0.15, 0.2) is 6.29 Å². The Morgan fingerprint density at radius 3 is 2.15 bits per heavy atom. The lowest BCUT2D eigenvalue weighted by Crippen LogP contribution is -2.64. The summed E-state index contributed by atoms with van der Waals surface area (Å²) in [6.07, 6.45) is 0.477. The third-order valence-electron chi connectivity index (χ3n) is 11.7. The van der Waals surface area contributed by atoms with Crippen LogP contribution in [0, 0.1) is 17.8 Å². The first kappa shape index (κ1) is 48.2. The molecule has 0 radical (unpaired) electrons. The molecule has 4 heterocycles. The summed E-state index contributed by atoms with van der Waals surface area (Å²) >= 11 is 0. The van der Waals surface area contributed by atoms with Crippen molar-refractivity contribution in [3.63, 3.8) is 0 Å². The second-order valence-corrected chi connectivity index (χ2v) is 22.9. The van der Waals surface area contributed by atoms with Crippen LogP contribution in [0.15, 0.2) is 15.8 Å². The Labute approximate surface area is 348 Å². The lowest BCUT2D eigenvalue weighted by molar-refractivity contribution is -0.273. The van der Waals surface area contributed by atoms with E-state index in [1.165, 1.54) is 24.6 Å². The zero-order chi connectivity index (χ0) is 43.9. The quantitative estimate of drug-likeness (QED) is 0.116. The molecule has 0 bridgehead atoms. The highest BCUT2D eigenvalue weighted by molar-refractivity contribution is 6.73. The van der Waals surface area contributed by atoms with Gasteiger partial charge in [0.05, 0.1) is 24.4 Å². The van der Waals surface area contributed by atoms with E-state index in [1.807, 2.05) is 20.8 Å². The van der Waals surface area contributed by atoms with Gasteiger partial charge in [-0.15, -0.1) is 0 Å². The van der Waals surface area contributed by atoms with Crippen LogP contribution in [0.2, 0.25) is 10.1 Å². The molecule has 1 aromatic rings. The molecule has 3 aliphatic heterocycles. The molecule has 17 nitrogen and oxygen atoms in total. The Kier molecular flexibility index (Phi) is 16.7. The number of aromatic nitrogens is 2. The van der Waals surface area contributed by atoms with Crippen molar-refractivity contribution < 1.29 is 51.7 Å². The number of aryl methyl sites for hydroxylation is 1. The molecule has 59 heavy (non-hydrogen) atoms. The van der Waals surface area contributed by atoms with Gasteiger partial charge in [0.1, 0.15) is 24.9 Å². The van der Waals surface area contributed by atoms with Gasteiger partial charge in [-0.25, -0.2) is 4.79 Å². The highest BCUT2D eigenvalue weighted by atomic mass is 28.4. The van der Waals surface area contributed by atoms with E-state index in [0.717, 1.165) is 0 Å². The lowest BCUT2D eigenvalue weighted by Gasteiger charge is -2.54. The molecule has 3 saturated heterocycles. The number of carbonyl (C=O) groups excluding carboxylic acids is 4. The normalized spacial score (nSPS) is 28.0. The zero-order valence-electron chi connectivity index (χ0n) is 36.8. The van der Waals surface area contributed by atoms with Crippen LogP contribution in [0.3, 0.4) is 0 Å². The van der Waals surface area contributed by atoms with E-state index in [9.17, 15) is 28.8 Å². The molecule has 4 rings (SSSR count). The molecule has 0 aliphatic carbocycles. The maximum atomic E-state index is 13.2. The summed E-state index contributed by atoms with van der Waals surface area (Å²) in [5.41, 5.74) is -0.832. The summed E-state index contributed by atoms with van der Waals surface area (Å²) in [6.45, 7) is 22.5. The fourth-order valence-electron chi connectivity index (χ4n) is 8.64. The lowest BCUT2D eigenvalue weighted by atomic mass is 9.84. The molecule has 2 amide bonds. The minimum atomic E-state index is -2.79. The number of unbranched alkanes of at least 4 members (excludes halogenated alkanes) is 1. The largest absolute Gasteiger partial charge is 0.463 e. The van der Waals surface area contributed by atoms with Gasteiger partial charge in [-0.3, -0.25) is 33.5 Å². The molecule has 334 valence electrons. The Balaban J connectivity index is 1.19. The first-order chi connectivity index (χ1) is 27.6. The van der Waals surface area contributed by atoms with Gasteiger partial charge in [-0.1, -0.05) is 62.3 Å². The number of rotatable bonds is 17. The zero-order valence-corrected chi connectivity index (χ0v) is 37.8. The van der Waals surface area contributed by atoms with E-state index in [4.69, 9.17) is 32.5 Å². The molecule has 9 atom stereocenters. The molecular formula is C41H68N4O13Si. The first-order valence-electron chi connectivity index (χ1n) is 21.0. The van der Waals surface area contributed by atoms with E-state index in [0.29, 0.717) is 38.0 Å². The summed E-state index contributed by atoms with van der Waals surface area (Å²) in [6, 6.07) is 0. The number of fused-ring (bicyclic) bond motifs is 1. The van der Waals surface area contributed by atoms with Crippen LogP contribution < -0.4 is 21.9 Å². The molecule has 0 saturated carbocycles. The van der Waals surface area contributed by atoms with Crippen LogP contribution in [-0.2, 0) is 58.3 Å². The van der Waals surface area contributed by atoms with Crippen LogP contribution >= 0.6 is 0 Å². The average Bonchev–Trinajstić information content (AvgIpc) is 3.51. The van der Waals surface area contributed by atoms with Crippen LogP contribution in [0.25, 0.3) is 0 Å². The van der Waals surface area contributed by atoms with Crippen molar-refractivity contribution in [3.05, 3.63) is 32.6 Å². The van der Waals surface area contributed by atoms with E-state index in [1.54, 1.807) is 0 Å². The van der Waals surface area contributed by atoms with E-state index in [2.05, 4.69) is 57.2 Å². The number of hydrogen-bond acceptors (Lipinski definition) is 13. The van der Waals surface area contributed by atoms with Crippen molar-refractivity contribution in [1.82, 2.24) is 20.2 Å². The number of carbonyl (C=O) groups is 4. The highest BCUT2D eigenvalue weighted by Gasteiger charge is 2.64. The molecule has 3 aliphatic rings. The van der Waals surface area contributed by atoms with Crippen molar-refractivity contribution in [2.24, 2.45) is 17.8 Å². The van der Waals surface area contributed by atoms with E-state index >= 15 is 0 Å². The third-order valence-corrected chi connectivity index (χ3v) is 16.8. The highest BCUT2D eigenvalue weighted by Crippen LogP contribution is 2.57. The Hall–Kier alpha value is -3.42. The van der Waals surface area contributed by atoms with Gasteiger partial charge < -0.3 is 43.2 Å². The Morgan fingerprint density at radius 2 is 1.56 bits per heavy atom. The van der Waals surface area contributed by atoms with Crippen LogP contribution in [-0.4, -0.2) is 105 Å². The van der Waals surface area contributed by atoms with Crippen LogP contribution in [0.4, 0.5) is 0 Å². The molecule has 3 N–H and O–H groups in total. The maximum Gasteiger partial charge on any atom is 0.349 e. The fraction of sp³-hybridized carbons (Fsp3) is 0.805. The monoisotopic (exact) mass is 852 g/mol. The SMILES string of the molecule is CCC1C(c2cn(CCC(=O)NCCNC(=O)CCCCOC3OC(COC(C)=O)C(OC(C)=O)C(C)C3C)c(=O)[nH]c2=O)OC2CO[Si](C(C)(C)C)(C(C)(C)C)OC21. The first-order valence-corrected chi connectivity index (χ1v) is 22.8. The summed E-state index contributed by atoms with van der Waals surface area (Å²) in [5, 5.41) is 5.12. The predicted molar refractivity (Wildman–Crippen MR) is 218 cm³/mol. The van der Waals surface area contributed by atoms with E-state index in [-0.39, 0.29) is 90.9 Å². The van der Waals surface area contributed by atoms with Crippen molar-refractivity contribution in [3.8, 4) is 0 Å². The maximum absolute atomic E-state index is 13.2. The Bertz CT molecular complexity index is 1720. The summed E-state index contributed by atoms with van der Waals surface area (Å²) < 4.78 is 44.0. The third kappa shape index (κ3) is 11.9. The molecule has 3 fully saturated rings. The average molecular weight is 853 g/mol. The second kappa shape index (κ2) is 20.4. The fourth-order valence-corrected chi connectivity index (χ4v) is 13.6. The van der Waals surface area contributed by atoms with Gasteiger partial charge >= 0.3 is 26.2 Å². The molecule has 18 heteroatoms.